The van der Waals surface area contributed by atoms with E-state index < -0.39 is 0 Å². The molecule has 0 aromatic heterocycles. The Kier molecular flexibility index (Phi) is 4.97. The predicted octanol–water partition coefficient (Wildman–Crippen LogP) is 1.80. The summed E-state index contributed by atoms with van der Waals surface area (Å²) in [7, 11) is 4.98. The highest BCUT2D eigenvalue weighted by molar-refractivity contribution is 5.98. The van der Waals surface area contributed by atoms with E-state index >= 15 is 0 Å². The van der Waals surface area contributed by atoms with Gasteiger partial charge in [-0.15, -0.1) is 0 Å². The minimum absolute atomic E-state index is 0.109. The molecule has 0 spiro atoms. The zero-order chi connectivity index (χ0) is 12.8. The second-order valence-electron chi connectivity index (χ2n) is 3.80. The van der Waals surface area contributed by atoms with Gasteiger partial charge in [-0.1, -0.05) is 0 Å². The molecule has 0 atom stereocenters. The van der Waals surface area contributed by atoms with Gasteiger partial charge < -0.3 is 14.8 Å². The number of ketones is 1. The van der Waals surface area contributed by atoms with Gasteiger partial charge in [0.05, 0.1) is 14.2 Å². The Morgan fingerprint density at radius 3 is 2.35 bits per heavy atom. The molecule has 0 radical (unpaired) electrons. The van der Waals surface area contributed by atoms with Crippen molar-refractivity contribution in [3.63, 3.8) is 0 Å². The summed E-state index contributed by atoms with van der Waals surface area (Å²) in [5.41, 5.74) is 1.60. The third-order valence-corrected chi connectivity index (χ3v) is 2.63. The zero-order valence-electron chi connectivity index (χ0n) is 10.8. The van der Waals surface area contributed by atoms with Gasteiger partial charge in [0, 0.05) is 18.5 Å². The van der Waals surface area contributed by atoms with E-state index in [1.165, 1.54) is 0 Å². The molecule has 0 heterocycles. The molecular formula is C13H19NO3. The van der Waals surface area contributed by atoms with E-state index in [-0.39, 0.29) is 5.78 Å². The van der Waals surface area contributed by atoms with Crippen LogP contribution < -0.4 is 14.8 Å². The first kappa shape index (κ1) is 13.5. The Labute approximate surface area is 102 Å². The van der Waals surface area contributed by atoms with Crippen LogP contribution in [0.25, 0.3) is 0 Å². The van der Waals surface area contributed by atoms with Gasteiger partial charge in [-0.25, -0.2) is 0 Å². The molecule has 4 nitrogen and oxygen atoms in total. The third kappa shape index (κ3) is 3.20. The molecule has 4 heteroatoms. The van der Waals surface area contributed by atoms with E-state index in [2.05, 4.69) is 5.32 Å². The molecule has 0 fully saturated rings. The van der Waals surface area contributed by atoms with Crippen LogP contribution in [0.15, 0.2) is 12.1 Å². The average molecular weight is 237 g/mol. The number of nitrogens with one attached hydrogen (secondary N) is 1. The van der Waals surface area contributed by atoms with E-state index in [0.717, 1.165) is 5.56 Å². The summed E-state index contributed by atoms with van der Waals surface area (Å²) in [5.74, 6) is 1.35. The van der Waals surface area contributed by atoms with Crippen LogP contribution in [-0.2, 0) is 0 Å². The van der Waals surface area contributed by atoms with Crippen molar-refractivity contribution >= 4 is 5.78 Å². The second kappa shape index (κ2) is 6.25. The summed E-state index contributed by atoms with van der Waals surface area (Å²) in [6.45, 7) is 2.57. The van der Waals surface area contributed by atoms with Crippen molar-refractivity contribution in [2.75, 3.05) is 27.8 Å². The van der Waals surface area contributed by atoms with E-state index in [9.17, 15) is 4.79 Å². The van der Waals surface area contributed by atoms with Crippen molar-refractivity contribution < 1.29 is 14.3 Å². The van der Waals surface area contributed by atoms with Gasteiger partial charge in [-0.05, 0) is 31.7 Å². The Morgan fingerprint density at radius 1 is 1.24 bits per heavy atom. The lowest BCUT2D eigenvalue weighted by Gasteiger charge is -2.12. The van der Waals surface area contributed by atoms with Crippen LogP contribution in [0.2, 0.25) is 0 Å². The number of hydrogen-bond acceptors (Lipinski definition) is 4. The summed E-state index contributed by atoms with van der Waals surface area (Å²) < 4.78 is 10.4. The smallest absolute Gasteiger partial charge is 0.164 e. The highest BCUT2D eigenvalue weighted by Gasteiger charge is 2.13. The second-order valence-corrected chi connectivity index (χ2v) is 3.80. The number of benzene rings is 1. The lowest BCUT2D eigenvalue weighted by molar-refractivity contribution is 0.0982. The van der Waals surface area contributed by atoms with Crippen LogP contribution in [0.4, 0.5) is 0 Å². The maximum absolute atomic E-state index is 12.0. The minimum Gasteiger partial charge on any atom is -0.493 e. The van der Waals surface area contributed by atoms with Crippen molar-refractivity contribution in [1.29, 1.82) is 0 Å². The van der Waals surface area contributed by atoms with Gasteiger partial charge >= 0.3 is 0 Å². The molecule has 0 saturated carbocycles. The normalized spacial score (nSPS) is 10.1. The van der Waals surface area contributed by atoms with E-state index in [4.69, 9.17) is 9.47 Å². The number of ether oxygens (including phenoxy) is 2. The molecule has 0 bridgehead atoms. The molecule has 0 saturated heterocycles. The predicted molar refractivity (Wildman–Crippen MR) is 67.2 cm³/mol. The molecule has 0 aliphatic heterocycles. The number of methoxy groups -OCH3 is 2. The quantitative estimate of drug-likeness (QED) is 0.766. The number of aryl methyl sites for hydroxylation is 1. The summed E-state index contributed by atoms with van der Waals surface area (Å²) in [5, 5.41) is 2.96. The summed E-state index contributed by atoms with van der Waals surface area (Å²) in [4.78, 5) is 12.0. The van der Waals surface area contributed by atoms with E-state index in [1.54, 1.807) is 20.3 Å². The highest BCUT2D eigenvalue weighted by atomic mass is 16.5. The fourth-order valence-corrected chi connectivity index (χ4v) is 1.65. The van der Waals surface area contributed by atoms with Gasteiger partial charge in [-0.3, -0.25) is 4.79 Å². The van der Waals surface area contributed by atoms with Crippen molar-refractivity contribution in [3.8, 4) is 11.5 Å². The van der Waals surface area contributed by atoms with Crippen LogP contribution in [0.5, 0.6) is 11.5 Å². The largest absolute Gasteiger partial charge is 0.493 e. The van der Waals surface area contributed by atoms with Crippen molar-refractivity contribution in [3.05, 3.63) is 23.3 Å². The molecule has 0 unspecified atom stereocenters. The van der Waals surface area contributed by atoms with E-state index in [1.807, 2.05) is 20.0 Å². The fourth-order valence-electron chi connectivity index (χ4n) is 1.65. The van der Waals surface area contributed by atoms with Crippen molar-refractivity contribution in [1.82, 2.24) is 5.32 Å². The number of carbonyl (C=O) groups is 1. The molecule has 1 N–H and O–H groups in total. The van der Waals surface area contributed by atoms with Crippen LogP contribution in [0.1, 0.15) is 22.3 Å². The molecule has 0 aliphatic carbocycles. The van der Waals surface area contributed by atoms with Crippen LogP contribution in [0, 0.1) is 6.92 Å². The first-order valence-electron chi connectivity index (χ1n) is 5.54. The number of carbonyl (C=O) groups excluding carboxylic acids is 1. The van der Waals surface area contributed by atoms with Gasteiger partial charge in [0.2, 0.25) is 0 Å². The molecule has 17 heavy (non-hydrogen) atoms. The lowest BCUT2D eigenvalue weighted by Crippen LogP contribution is -2.14. The van der Waals surface area contributed by atoms with Crippen LogP contribution in [0.3, 0.4) is 0 Å². The highest BCUT2D eigenvalue weighted by Crippen LogP contribution is 2.30. The maximum Gasteiger partial charge on any atom is 0.164 e. The first-order valence-corrected chi connectivity index (χ1v) is 5.54. The minimum atomic E-state index is 0.109. The molecule has 1 aromatic rings. The number of hydrogen-bond donors (Lipinski definition) is 1. The Balaban J connectivity index is 3.03. The van der Waals surface area contributed by atoms with E-state index in [0.29, 0.717) is 30.0 Å². The third-order valence-electron chi connectivity index (χ3n) is 2.63. The van der Waals surface area contributed by atoms with Gasteiger partial charge in [0.25, 0.3) is 0 Å². The lowest BCUT2D eigenvalue weighted by atomic mass is 10.0. The Bertz CT molecular complexity index is 402. The summed E-state index contributed by atoms with van der Waals surface area (Å²) in [6, 6.07) is 3.57. The average Bonchev–Trinajstić information content (AvgIpc) is 2.35. The topological polar surface area (TPSA) is 47.6 Å². The zero-order valence-corrected chi connectivity index (χ0v) is 10.8. The van der Waals surface area contributed by atoms with Crippen LogP contribution in [-0.4, -0.2) is 33.6 Å². The summed E-state index contributed by atoms with van der Waals surface area (Å²) >= 11 is 0. The molecular weight excluding hydrogens is 218 g/mol. The monoisotopic (exact) mass is 237 g/mol. The van der Waals surface area contributed by atoms with Gasteiger partial charge in [-0.2, -0.15) is 0 Å². The number of Topliss-reactive ketones (excluding diaryl/α,β-unsaturated/α-hetero) is 1. The summed E-state index contributed by atoms with van der Waals surface area (Å²) in [6.07, 6.45) is 0.479. The van der Waals surface area contributed by atoms with Gasteiger partial charge in [0.1, 0.15) is 0 Å². The van der Waals surface area contributed by atoms with Crippen LogP contribution >= 0.6 is 0 Å². The maximum atomic E-state index is 12.0. The van der Waals surface area contributed by atoms with Gasteiger partial charge in [0.15, 0.2) is 17.3 Å². The molecule has 0 amide bonds. The molecule has 1 rings (SSSR count). The standard InChI is InChI=1S/C13H19NO3/c1-9-7-12(16-3)13(17-4)8-10(9)11(15)5-6-14-2/h7-8,14H,5-6H2,1-4H3. The van der Waals surface area contributed by atoms with Crippen molar-refractivity contribution in [2.24, 2.45) is 0 Å². The Morgan fingerprint density at radius 2 is 1.82 bits per heavy atom. The first-order chi connectivity index (χ1) is 8.13. The molecule has 1 aromatic carbocycles. The molecule has 94 valence electrons. The Hall–Kier alpha value is -1.55. The number of rotatable bonds is 6. The van der Waals surface area contributed by atoms with Crippen molar-refractivity contribution in [2.45, 2.75) is 13.3 Å². The fraction of sp³-hybridized carbons (Fsp3) is 0.462. The molecule has 0 aliphatic rings. The SMILES string of the molecule is CNCCC(=O)c1cc(OC)c(OC)cc1C.